The van der Waals surface area contributed by atoms with Gasteiger partial charge in [0.05, 0.1) is 0 Å². The van der Waals surface area contributed by atoms with Crippen molar-refractivity contribution in [2.75, 3.05) is 0 Å². The van der Waals surface area contributed by atoms with Crippen molar-refractivity contribution in [3.63, 3.8) is 0 Å². The third kappa shape index (κ3) is 4.50. The van der Waals surface area contributed by atoms with E-state index in [4.69, 9.17) is 0 Å². The second-order valence-corrected chi connectivity index (χ2v) is 5.33. The van der Waals surface area contributed by atoms with Gasteiger partial charge in [-0.2, -0.15) is 0 Å². The van der Waals surface area contributed by atoms with Gasteiger partial charge in [0.15, 0.2) is 0 Å². The Morgan fingerprint density at radius 2 is 1.69 bits per heavy atom. The van der Waals surface area contributed by atoms with Gasteiger partial charge in [-0.05, 0) is 0 Å². The fourth-order valence-corrected chi connectivity index (χ4v) is 3.36. The largest absolute Gasteiger partial charge is 1.00 e. The summed E-state index contributed by atoms with van der Waals surface area (Å²) in [4.78, 5) is 0. The van der Waals surface area contributed by atoms with Crippen LogP contribution in [0.3, 0.4) is 0 Å². The molecule has 1 unspecified atom stereocenters. The van der Waals surface area contributed by atoms with Crippen molar-refractivity contribution in [3.05, 3.63) is 23.3 Å². The molecule has 0 aromatic rings. The smallest absolute Gasteiger partial charge is 1.00 e. The van der Waals surface area contributed by atoms with E-state index >= 15 is 0 Å². The Hall–Kier alpha value is 2.54. The summed E-state index contributed by atoms with van der Waals surface area (Å²) in [5.41, 5.74) is 3.48. The van der Waals surface area contributed by atoms with E-state index in [1.807, 2.05) is 0 Å². The monoisotopic (exact) mass is 680 g/mol. The van der Waals surface area contributed by atoms with Gasteiger partial charge >= 0.3 is 77.0 Å². The van der Waals surface area contributed by atoms with Crippen molar-refractivity contribution >= 4 is 0 Å². The Morgan fingerprint density at radius 1 is 1.08 bits per heavy atom. The quantitative estimate of drug-likeness (QED) is 0.177. The third-order valence-electron chi connectivity index (χ3n) is 2.42. The standard InChI is InChI=1S/C9H11.Hf.3HI/c1-2-5-9-7-3-6-8(9)4-1;;;;/h3,6-7H,1-2,4-5H2;;3*1H/q;+3;;;/p-3. The minimum absolute atomic E-state index is 0. The van der Waals surface area contributed by atoms with Crippen LogP contribution in [-0.2, 0) is 24.4 Å². The molecule has 0 aromatic carbocycles. The molecule has 0 amide bonds. The summed E-state index contributed by atoms with van der Waals surface area (Å²) >= 11 is 1.33. The molecule has 0 fully saturated rings. The molecule has 0 aliphatic heterocycles. The summed E-state index contributed by atoms with van der Waals surface area (Å²) in [6, 6.07) is 0. The van der Waals surface area contributed by atoms with Crippen LogP contribution in [0.4, 0.5) is 0 Å². The van der Waals surface area contributed by atoms with Crippen molar-refractivity contribution in [3.8, 4) is 0 Å². The molecule has 0 aromatic heterocycles. The molecule has 4 heteroatoms. The van der Waals surface area contributed by atoms with Crippen LogP contribution in [0.25, 0.3) is 0 Å². The minimum atomic E-state index is 0. The van der Waals surface area contributed by atoms with Crippen molar-refractivity contribution < 1.29 is 96.3 Å². The molecule has 0 nitrogen and oxygen atoms in total. The molecule has 2 aliphatic carbocycles. The first kappa shape index (κ1) is 17.9. The molecule has 0 spiro atoms. The number of halogens is 3. The Morgan fingerprint density at radius 3 is 2.31 bits per heavy atom. The van der Waals surface area contributed by atoms with Crippen molar-refractivity contribution in [2.24, 2.45) is 0 Å². The molecule has 0 bridgehead atoms. The molecular formula is C9H11HfI3. The van der Waals surface area contributed by atoms with Gasteiger partial charge < -0.3 is 71.9 Å². The van der Waals surface area contributed by atoms with E-state index in [9.17, 15) is 0 Å². The first-order valence-corrected chi connectivity index (χ1v) is 6.06. The number of rotatable bonds is 0. The molecule has 0 heterocycles. The zero-order chi connectivity index (χ0) is 6.97. The van der Waals surface area contributed by atoms with Crippen LogP contribution in [0.15, 0.2) is 23.3 Å². The molecule has 0 N–H and O–H groups in total. The molecular weight excluding hydrogens is 667 g/mol. The number of allylic oxidation sites excluding steroid dienone is 4. The maximum absolute atomic E-state index is 2.40. The Bertz CT molecular complexity index is 211. The van der Waals surface area contributed by atoms with Gasteiger partial charge in [0.2, 0.25) is 0 Å². The van der Waals surface area contributed by atoms with Crippen LogP contribution >= 0.6 is 0 Å². The van der Waals surface area contributed by atoms with Gasteiger partial charge in [-0.3, -0.25) is 0 Å². The first-order valence-electron chi connectivity index (χ1n) is 3.99. The van der Waals surface area contributed by atoms with Gasteiger partial charge in [-0.15, -0.1) is 0 Å². The zero-order valence-electron chi connectivity index (χ0n) is 7.19. The molecule has 13 heavy (non-hydrogen) atoms. The summed E-state index contributed by atoms with van der Waals surface area (Å²) in [5.74, 6) is 0. The average molecular weight is 678 g/mol. The first-order chi connectivity index (χ1) is 4.88. The van der Waals surface area contributed by atoms with Crippen LogP contribution in [0, 0.1) is 0 Å². The number of hydrogen-bond donors (Lipinski definition) is 0. The van der Waals surface area contributed by atoms with Gasteiger partial charge in [-0.25, -0.2) is 0 Å². The van der Waals surface area contributed by atoms with E-state index in [0.717, 1.165) is 3.67 Å². The molecule has 0 saturated heterocycles. The molecule has 0 saturated carbocycles. The molecule has 1 atom stereocenters. The summed E-state index contributed by atoms with van der Waals surface area (Å²) in [5, 5.41) is 0. The molecule has 72 valence electrons. The Kier molecular flexibility index (Phi) is 11.9. The fourth-order valence-electron chi connectivity index (χ4n) is 1.83. The summed E-state index contributed by atoms with van der Waals surface area (Å²) in [6.07, 6.45) is 10.4. The van der Waals surface area contributed by atoms with Gasteiger partial charge in [-0.1, -0.05) is 0 Å². The average Bonchev–Trinajstić information content (AvgIpc) is 2.34. The van der Waals surface area contributed by atoms with Crippen LogP contribution in [0.2, 0.25) is 3.67 Å². The third-order valence-corrected chi connectivity index (χ3v) is 4.36. The van der Waals surface area contributed by atoms with Gasteiger partial charge in [0, 0.05) is 0 Å². The van der Waals surface area contributed by atoms with E-state index in [0.29, 0.717) is 0 Å². The summed E-state index contributed by atoms with van der Waals surface area (Å²) < 4.78 is 0.898. The molecule has 0 radical (unpaired) electrons. The van der Waals surface area contributed by atoms with Crippen molar-refractivity contribution in [2.45, 2.75) is 29.4 Å². The maximum Gasteiger partial charge on any atom is -1.00 e. The van der Waals surface area contributed by atoms with Crippen LogP contribution < -0.4 is 71.9 Å². The van der Waals surface area contributed by atoms with Crippen molar-refractivity contribution in [1.29, 1.82) is 0 Å². The van der Waals surface area contributed by atoms with Crippen LogP contribution in [0.5, 0.6) is 0 Å². The van der Waals surface area contributed by atoms with E-state index in [2.05, 4.69) is 12.2 Å². The van der Waals surface area contributed by atoms with E-state index < -0.39 is 0 Å². The topological polar surface area (TPSA) is 0 Å². The van der Waals surface area contributed by atoms with Crippen molar-refractivity contribution in [1.82, 2.24) is 0 Å². The van der Waals surface area contributed by atoms with E-state index in [1.54, 1.807) is 11.1 Å². The Labute approximate surface area is 146 Å². The van der Waals surface area contributed by atoms with Gasteiger partial charge in [0.1, 0.15) is 0 Å². The minimum Gasteiger partial charge on any atom is -1.00 e. The maximum atomic E-state index is 2.40. The van der Waals surface area contributed by atoms with E-state index in [-0.39, 0.29) is 71.9 Å². The summed E-state index contributed by atoms with van der Waals surface area (Å²) in [7, 11) is 0. The zero-order valence-corrected chi connectivity index (χ0v) is 17.3. The molecule has 2 aliphatic rings. The Balaban J connectivity index is 0. The van der Waals surface area contributed by atoms with Gasteiger partial charge in [0.25, 0.3) is 0 Å². The second kappa shape index (κ2) is 8.66. The second-order valence-electron chi connectivity index (χ2n) is 3.09. The SMILES string of the molecule is [Hf+3][CH]1C=CC2=C1CCCC2.[I-].[I-].[I-]. The predicted molar refractivity (Wildman–Crippen MR) is 38.4 cm³/mol. The van der Waals surface area contributed by atoms with Crippen LogP contribution in [0.1, 0.15) is 25.7 Å². The normalized spacial score (nSPS) is 24.0. The van der Waals surface area contributed by atoms with E-state index in [1.165, 1.54) is 50.1 Å². The number of hydrogen-bond acceptors (Lipinski definition) is 0. The predicted octanol–water partition coefficient (Wildman–Crippen LogP) is -6.23. The fraction of sp³-hybridized carbons (Fsp3) is 0.556. The summed E-state index contributed by atoms with van der Waals surface area (Å²) in [6.45, 7) is 0. The van der Waals surface area contributed by atoms with Crippen LogP contribution in [-0.4, -0.2) is 0 Å². The molecule has 2 rings (SSSR count).